The summed E-state index contributed by atoms with van der Waals surface area (Å²) in [4.78, 5) is 17.4. The van der Waals surface area contributed by atoms with E-state index in [4.69, 9.17) is 4.74 Å². The number of likely N-dealkylation sites (tertiary alicyclic amines) is 1. The Kier molecular flexibility index (Phi) is 5.67. The lowest BCUT2D eigenvalue weighted by Crippen LogP contribution is -2.45. The fourth-order valence-corrected chi connectivity index (χ4v) is 5.93. The molecule has 3 aliphatic rings. The predicted molar refractivity (Wildman–Crippen MR) is 136 cm³/mol. The van der Waals surface area contributed by atoms with E-state index in [1.807, 2.05) is 18.3 Å². The monoisotopic (exact) mass is 468 g/mol. The lowest BCUT2D eigenvalue weighted by molar-refractivity contribution is -0.0675. The maximum atomic E-state index is 11.4. The summed E-state index contributed by atoms with van der Waals surface area (Å²) >= 11 is 0. The van der Waals surface area contributed by atoms with Gasteiger partial charge in [0.1, 0.15) is 0 Å². The number of rotatable bonds is 4. The van der Waals surface area contributed by atoms with Crippen molar-refractivity contribution in [2.75, 3.05) is 13.2 Å². The standard InChI is InChI=1S/C30H32N2O3/c1-20-17-24(6-5-21-3-4-21)26(25-11-14-31-28(20)25)19-32-15-13-30(12-2-16-35-30)18-27(32)22-7-9-23(10-8-22)29(33)34/h7-11,14,17,21,27,31H,2-4,12-13,15-16,18-19H2,1H3,(H,33,34)/t27-,30-/m0/s1. The average molecular weight is 469 g/mol. The van der Waals surface area contributed by atoms with Crippen LogP contribution in [0, 0.1) is 24.7 Å². The summed E-state index contributed by atoms with van der Waals surface area (Å²) in [7, 11) is 0. The third-order valence-corrected chi connectivity index (χ3v) is 8.09. The van der Waals surface area contributed by atoms with Gasteiger partial charge in [0, 0.05) is 54.3 Å². The molecule has 3 aromatic rings. The molecule has 1 saturated carbocycles. The lowest BCUT2D eigenvalue weighted by Gasteiger charge is -2.45. The summed E-state index contributed by atoms with van der Waals surface area (Å²) in [5.41, 5.74) is 6.27. The minimum atomic E-state index is -0.888. The number of fused-ring (bicyclic) bond motifs is 1. The number of hydrogen-bond acceptors (Lipinski definition) is 3. The van der Waals surface area contributed by atoms with Crippen molar-refractivity contribution in [3.63, 3.8) is 0 Å². The number of hydrogen-bond donors (Lipinski definition) is 2. The Morgan fingerprint density at radius 2 is 2.06 bits per heavy atom. The van der Waals surface area contributed by atoms with E-state index in [1.54, 1.807) is 12.1 Å². The number of carboxylic acid groups (broad SMARTS) is 1. The summed E-state index contributed by atoms with van der Waals surface area (Å²) in [6.07, 6.45) is 8.65. The largest absolute Gasteiger partial charge is 0.478 e. The number of aromatic carboxylic acids is 1. The highest BCUT2D eigenvalue weighted by atomic mass is 16.5. The second-order valence-corrected chi connectivity index (χ2v) is 10.5. The zero-order chi connectivity index (χ0) is 24.0. The van der Waals surface area contributed by atoms with Crippen LogP contribution in [0.15, 0.2) is 42.6 Å². The first-order chi connectivity index (χ1) is 17.0. The van der Waals surface area contributed by atoms with Crippen molar-refractivity contribution in [2.24, 2.45) is 5.92 Å². The molecule has 3 fully saturated rings. The van der Waals surface area contributed by atoms with Crippen LogP contribution in [0.5, 0.6) is 0 Å². The van der Waals surface area contributed by atoms with Crippen LogP contribution in [0.25, 0.3) is 10.9 Å². The summed E-state index contributed by atoms with van der Waals surface area (Å²) in [5.74, 6) is 6.68. The third-order valence-electron chi connectivity index (χ3n) is 8.09. The first kappa shape index (κ1) is 22.4. The third kappa shape index (κ3) is 4.37. The van der Waals surface area contributed by atoms with Crippen molar-refractivity contribution >= 4 is 16.9 Å². The van der Waals surface area contributed by atoms with Gasteiger partial charge < -0.3 is 14.8 Å². The molecular weight excluding hydrogens is 436 g/mol. The fraction of sp³-hybridized carbons (Fsp3) is 0.433. The number of carbonyl (C=O) groups is 1. The number of aromatic amines is 1. The van der Waals surface area contributed by atoms with Crippen molar-refractivity contribution in [3.05, 3.63) is 70.4 Å². The topological polar surface area (TPSA) is 65.6 Å². The van der Waals surface area contributed by atoms with Gasteiger partial charge in [-0.15, -0.1) is 0 Å². The lowest BCUT2D eigenvalue weighted by atomic mass is 9.81. The number of benzene rings is 2. The molecule has 5 heteroatoms. The quantitative estimate of drug-likeness (QED) is 0.474. The molecule has 0 radical (unpaired) electrons. The molecular formula is C30H32N2O3. The Morgan fingerprint density at radius 1 is 1.23 bits per heavy atom. The summed E-state index contributed by atoms with van der Waals surface area (Å²) < 4.78 is 6.31. The smallest absolute Gasteiger partial charge is 0.335 e. The van der Waals surface area contributed by atoms with Crippen molar-refractivity contribution in [1.29, 1.82) is 0 Å². The number of nitrogens with zero attached hydrogens (tertiary/aromatic N) is 1. The first-order valence-corrected chi connectivity index (χ1v) is 12.8. The molecule has 1 aliphatic carbocycles. The SMILES string of the molecule is Cc1cc(C#CC2CC2)c(CN2CC[C@@]3(CCCO3)C[C@H]2c2ccc(C(=O)O)cc2)c2cc[nH]c12. The van der Waals surface area contributed by atoms with Crippen molar-refractivity contribution < 1.29 is 14.6 Å². The van der Waals surface area contributed by atoms with Crippen LogP contribution in [0.4, 0.5) is 0 Å². The summed E-state index contributed by atoms with van der Waals surface area (Å²) in [5, 5.41) is 10.6. The van der Waals surface area contributed by atoms with Gasteiger partial charge in [-0.1, -0.05) is 24.0 Å². The Labute approximate surface area is 206 Å². The highest BCUT2D eigenvalue weighted by Crippen LogP contribution is 2.45. The van der Waals surface area contributed by atoms with Gasteiger partial charge in [0.25, 0.3) is 0 Å². The Balaban J connectivity index is 1.38. The first-order valence-electron chi connectivity index (χ1n) is 12.8. The normalized spacial score (nSPS) is 24.5. The molecule has 35 heavy (non-hydrogen) atoms. The van der Waals surface area contributed by atoms with E-state index in [0.717, 1.165) is 56.5 Å². The van der Waals surface area contributed by atoms with E-state index >= 15 is 0 Å². The number of ether oxygens (including phenoxy) is 1. The molecule has 2 saturated heterocycles. The molecule has 5 nitrogen and oxygen atoms in total. The van der Waals surface area contributed by atoms with Crippen LogP contribution < -0.4 is 0 Å². The number of aryl methyl sites for hydroxylation is 1. The van der Waals surface area contributed by atoms with Gasteiger partial charge in [-0.2, -0.15) is 0 Å². The average Bonchev–Trinajstić information content (AvgIpc) is 3.36. The Hall–Kier alpha value is -3.07. The van der Waals surface area contributed by atoms with Crippen LogP contribution in [-0.4, -0.2) is 39.7 Å². The van der Waals surface area contributed by atoms with E-state index in [1.165, 1.54) is 34.9 Å². The van der Waals surface area contributed by atoms with Gasteiger partial charge in [-0.3, -0.25) is 4.90 Å². The Bertz CT molecular complexity index is 1320. The van der Waals surface area contributed by atoms with Crippen LogP contribution in [0.2, 0.25) is 0 Å². The van der Waals surface area contributed by atoms with Gasteiger partial charge in [0.2, 0.25) is 0 Å². The zero-order valence-corrected chi connectivity index (χ0v) is 20.3. The van der Waals surface area contributed by atoms with Gasteiger partial charge in [-0.05, 0) is 86.4 Å². The van der Waals surface area contributed by atoms with Crippen LogP contribution in [0.3, 0.4) is 0 Å². The number of piperidine rings is 1. The minimum absolute atomic E-state index is 0.0576. The van der Waals surface area contributed by atoms with Crippen molar-refractivity contribution in [3.8, 4) is 11.8 Å². The van der Waals surface area contributed by atoms with E-state index in [-0.39, 0.29) is 11.6 Å². The summed E-state index contributed by atoms with van der Waals surface area (Å²) in [6, 6.07) is 12.0. The van der Waals surface area contributed by atoms with Crippen molar-refractivity contribution in [2.45, 2.75) is 63.6 Å². The Morgan fingerprint density at radius 3 is 2.77 bits per heavy atom. The molecule has 0 unspecified atom stereocenters. The second kappa shape index (κ2) is 8.86. The predicted octanol–water partition coefficient (Wildman–Crippen LogP) is 5.82. The molecule has 180 valence electrons. The number of nitrogens with one attached hydrogen (secondary N) is 1. The molecule has 2 N–H and O–H groups in total. The maximum absolute atomic E-state index is 11.4. The molecule has 0 bridgehead atoms. The van der Waals surface area contributed by atoms with Crippen LogP contribution in [0.1, 0.15) is 77.2 Å². The molecule has 0 amide bonds. The van der Waals surface area contributed by atoms with Crippen LogP contribution in [-0.2, 0) is 11.3 Å². The van der Waals surface area contributed by atoms with Gasteiger partial charge in [0.05, 0.1) is 11.2 Å². The van der Waals surface area contributed by atoms with E-state index in [9.17, 15) is 9.90 Å². The molecule has 2 atom stereocenters. The molecule has 3 heterocycles. The van der Waals surface area contributed by atoms with Crippen LogP contribution >= 0.6 is 0 Å². The van der Waals surface area contributed by atoms with E-state index in [2.05, 4.69) is 40.8 Å². The van der Waals surface area contributed by atoms with E-state index in [0.29, 0.717) is 11.5 Å². The van der Waals surface area contributed by atoms with Gasteiger partial charge >= 0.3 is 5.97 Å². The van der Waals surface area contributed by atoms with Gasteiger partial charge in [-0.25, -0.2) is 4.79 Å². The molecule has 2 aliphatic heterocycles. The highest BCUT2D eigenvalue weighted by Gasteiger charge is 2.43. The molecule has 2 aromatic carbocycles. The van der Waals surface area contributed by atoms with Crippen molar-refractivity contribution in [1.82, 2.24) is 9.88 Å². The minimum Gasteiger partial charge on any atom is -0.478 e. The second-order valence-electron chi connectivity index (χ2n) is 10.5. The summed E-state index contributed by atoms with van der Waals surface area (Å²) in [6.45, 7) is 4.75. The molecule has 1 aromatic heterocycles. The number of carboxylic acids is 1. The van der Waals surface area contributed by atoms with Gasteiger partial charge in [0.15, 0.2) is 0 Å². The zero-order valence-electron chi connectivity index (χ0n) is 20.3. The maximum Gasteiger partial charge on any atom is 0.335 e. The number of aromatic nitrogens is 1. The number of H-pyrrole nitrogens is 1. The highest BCUT2D eigenvalue weighted by molar-refractivity contribution is 5.88. The molecule has 6 rings (SSSR count). The fourth-order valence-electron chi connectivity index (χ4n) is 5.93. The van der Waals surface area contributed by atoms with E-state index < -0.39 is 5.97 Å². The molecule has 1 spiro atoms.